The molecule has 1 aliphatic heterocycles. The van der Waals surface area contributed by atoms with Gasteiger partial charge < -0.3 is 10.2 Å². The van der Waals surface area contributed by atoms with Crippen LogP contribution in [-0.4, -0.2) is 34.2 Å². The quantitative estimate of drug-likeness (QED) is 0.902. The first-order valence-electron chi connectivity index (χ1n) is 8.13. The molecule has 0 aliphatic carbocycles. The van der Waals surface area contributed by atoms with Crippen LogP contribution in [0.4, 0.5) is 13.6 Å². The lowest BCUT2D eigenvalue weighted by atomic mass is 10.00. The van der Waals surface area contributed by atoms with Gasteiger partial charge in [0.15, 0.2) is 0 Å². The van der Waals surface area contributed by atoms with Gasteiger partial charge in [0, 0.05) is 19.3 Å². The van der Waals surface area contributed by atoms with E-state index < -0.39 is 11.6 Å². The maximum Gasteiger partial charge on any atom is 0.317 e. The van der Waals surface area contributed by atoms with Crippen molar-refractivity contribution in [3.8, 4) is 0 Å². The van der Waals surface area contributed by atoms with E-state index in [9.17, 15) is 13.6 Å². The maximum absolute atomic E-state index is 13.6. The Balaban J connectivity index is 1.58. The predicted octanol–water partition coefficient (Wildman–Crippen LogP) is 3.17. The highest BCUT2D eigenvalue weighted by Gasteiger charge is 2.28. The van der Waals surface area contributed by atoms with Gasteiger partial charge in [0.05, 0.1) is 11.7 Å². The van der Waals surface area contributed by atoms with E-state index in [4.69, 9.17) is 0 Å². The van der Waals surface area contributed by atoms with Crippen LogP contribution in [0.15, 0.2) is 30.5 Å². The lowest BCUT2D eigenvalue weighted by Crippen LogP contribution is -2.45. The zero-order chi connectivity index (χ0) is 16.9. The minimum atomic E-state index is -0.479. The van der Waals surface area contributed by atoms with Crippen LogP contribution < -0.4 is 5.32 Å². The zero-order valence-electron chi connectivity index (χ0n) is 13.3. The van der Waals surface area contributed by atoms with Crippen LogP contribution >= 0.6 is 0 Å². The summed E-state index contributed by atoms with van der Waals surface area (Å²) in [6, 6.07) is 5.01. The molecule has 0 spiro atoms. The van der Waals surface area contributed by atoms with Crippen molar-refractivity contribution in [3.05, 3.63) is 53.4 Å². The van der Waals surface area contributed by atoms with Crippen LogP contribution in [0.3, 0.4) is 0 Å². The van der Waals surface area contributed by atoms with E-state index in [1.54, 1.807) is 11.1 Å². The molecule has 2 amide bonds. The van der Waals surface area contributed by atoms with Gasteiger partial charge in [-0.3, -0.25) is 5.10 Å². The largest absolute Gasteiger partial charge is 0.338 e. The number of carbonyl (C=O) groups is 1. The third kappa shape index (κ3) is 3.72. The Bertz CT molecular complexity index is 690. The Hall–Kier alpha value is -2.44. The van der Waals surface area contributed by atoms with Crippen molar-refractivity contribution in [1.82, 2.24) is 20.4 Å². The van der Waals surface area contributed by atoms with Crippen molar-refractivity contribution in [2.45, 2.75) is 31.7 Å². The molecule has 24 heavy (non-hydrogen) atoms. The molecule has 1 fully saturated rings. The minimum absolute atomic E-state index is 0.0212. The number of likely N-dealkylation sites (tertiary alicyclic amines) is 1. The van der Waals surface area contributed by atoms with E-state index in [2.05, 4.69) is 15.5 Å². The third-order valence-electron chi connectivity index (χ3n) is 4.32. The van der Waals surface area contributed by atoms with Gasteiger partial charge in [-0.2, -0.15) is 5.10 Å². The number of aromatic amines is 1. The molecule has 0 bridgehead atoms. The summed E-state index contributed by atoms with van der Waals surface area (Å²) in [6.07, 6.45) is 4.82. The second-order valence-corrected chi connectivity index (χ2v) is 5.93. The molecule has 1 aromatic heterocycles. The molecule has 128 valence electrons. The number of urea groups is 1. The highest BCUT2D eigenvalue weighted by Crippen LogP contribution is 2.29. The first-order chi connectivity index (χ1) is 11.6. The smallest absolute Gasteiger partial charge is 0.317 e. The van der Waals surface area contributed by atoms with E-state index >= 15 is 0 Å². The van der Waals surface area contributed by atoms with Crippen LogP contribution in [0.25, 0.3) is 0 Å². The average Bonchev–Trinajstić information content (AvgIpc) is 3.12. The monoisotopic (exact) mass is 334 g/mol. The van der Waals surface area contributed by atoms with Crippen LogP contribution in [-0.2, 0) is 6.42 Å². The number of halogens is 2. The number of hydrogen-bond donors (Lipinski definition) is 2. The summed E-state index contributed by atoms with van der Waals surface area (Å²) in [6.45, 7) is 0.926. The summed E-state index contributed by atoms with van der Waals surface area (Å²) in [5, 5.41) is 9.68. The molecular formula is C17H20F2N4O. The highest BCUT2D eigenvalue weighted by molar-refractivity contribution is 5.74. The Labute approximate surface area is 139 Å². The van der Waals surface area contributed by atoms with E-state index in [1.807, 2.05) is 6.07 Å². The summed E-state index contributed by atoms with van der Waals surface area (Å²) in [7, 11) is 0. The average molecular weight is 334 g/mol. The van der Waals surface area contributed by atoms with Crippen molar-refractivity contribution in [2.75, 3.05) is 13.1 Å². The Kier molecular flexibility index (Phi) is 5.08. The van der Waals surface area contributed by atoms with Gasteiger partial charge in [-0.05, 0) is 55.5 Å². The van der Waals surface area contributed by atoms with Crippen LogP contribution in [0.2, 0.25) is 0 Å². The van der Waals surface area contributed by atoms with Gasteiger partial charge in [0.25, 0.3) is 0 Å². The fourth-order valence-corrected chi connectivity index (χ4v) is 3.09. The predicted molar refractivity (Wildman–Crippen MR) is 85.3 cm³/mol. The summed E-state index contributed by atoms with van der Waals surface area (Å²) < 4.78 is 26.8. The molecule has 0 radical (unpaired) electrons. The molecule has 2 heterocycles. The van der Waals surface area contributed by atoms with Gasteiger partial charge in [-0.15, -0.1) is 0 Å². The Morgan fingerprint density at radius 1 is 1.33 bits per heavy atom. The minimum Gasteiger partial charge on any atom is -0.338 e. The molecule has 1 aliphatic rings. The molecular weight excluding hydrogens is 314 g/mol. The molecule has 1 atom stereocenters. The van der Waals surface area contributed by atoms with E-state index in [-0.39, 0.29) is 30.6 Å². The Morgan fingerprint density at radius 2 is 2.21 bits per heavy atom. The van der Waals surface area contributed by atoms with Crippen LogP contribution in [0.1, 0.15) is 36.6 Å². The van der Waals surface area contributed by atoms with Gasteiger partial charge >= 0.3 is 6.03 Å². The van der Waals surface area contributed by atoms with Gasteiger partial charge in [0.2, 0.25) is 0 Å². The number of carbonyl (C=O) groups excluding carboxylic acids is 1. The summed E-state index contributed by atoms with van der Waals surface area (Å²) in [4.78, 5) is 14.2. The second kappa shape index (κ2) is 7.42. The van der Waals surface area contributed by atoms with Crippen molar-refractivity contribution in [2.24, 2.45) is 0 Å². The number of nitrogens with zero attached hydrogens (tertiary/aromatic N) is 2. The molecule has 1 aromatic carbocycles. The standard InChI is InChI=1S/C17H20F2N4O/c18-13-4-5-14(19)12(11-13)6-8-20-17(24)23-10-2-1-3-16(23)15-7-9-21-22-15/h4-5,7,9,11,16H,1-3,6,8,10H2,(H,20,24)(H,21,22). The summed E-state index contributed by atoms with van der Waals surface area (Å²) in [5.41, 5.74) is 1.18. The molecule has 1 saturated heterocycles. The molecule has 5 nitrogen and oxygen atoms in total. The normalized spacial score (nSPS) is 17.8. The maximum atomic E-state index is 13.6. The van der Waals surface area contributed by atoms with Gasteiger partial charge in [-0.25, -0.2) is 13.6 Å². The SMILES string of the molecule is O=C(NCCc1cc(F)ccc1F)N1CCCCC1c1ccn[nH]1. The van der Waals surface area contributed by atoms with E-state index in [1.165, 1.54) is 0 Å². The molecule has 2 N–H and O–H groups in total. The molecule has 2 aromatic rings. The summed E-state index contributed by atoms with van der Waals surface area (Å²) in [5.74, 6) is -0.938. The number of benzene rings is 1. The lowest BCUT2D eigenvalue weighted by Gasteiger charge is -2.35. The first-order valence-corrected chi connectivity index (χ1v) is 8.13. The Morgan fingerprint density at radius 3 is 3.00 bits per heavy atom. The van der Waals surface area contributed by atoms with Crippen LogP contribution in [0, 0.1) is 11.6 Å². The van der Waals surface area contributed by atoms with Gasteiger partial charge in [-0.1, -0.05) is 0 Å². The molecule has 0 saturated carbocycles. The van der Waals surface area contributed by atoms with Crippen molar-refractivity contribution in [1.29, 1.82) is 0 Å². The van der Waals surface area contributed by atoms with E-state index in [0.717, 1.165) is 43.2 Å². The molecule has 1 unspecified atom stereocenters. The third-order valence-corrected chi connectivity index (χ3v) is 4.32. The lowest BCUT2D eigenvalue weighted by molar-refractivity contribution is 0.150. The van der Waals surface area contributed by atoms with Crippen molar-refractivity contribution < 1.29 is 13.6 Å². The number of hydrogen-bond acceptors (Lipinski definition) is 2. The number of amides is 2. The van der Waals surface area contributed by atoms with Gasteiger partial charge in [0.1, 0.15) is 11.6 Å². The second-order valence-electron chi connectivity index (χ2n) is 5.93. The van der Waals surface area contributed by atoms with Crippen molar-refractivity contribution in [3.63, 3.8) is 0 Å². The van der Waals surface area contributed by atoms with Crippen LogP contribution in [0.5, 0.6) is 0 Å². The first kappa shape index (κ1) is 16.4. The zero-order valence-corrected chi connectivity index (χ0v) is 13.3. The van der Waals surface area contributed by atoms with Crippen molar-refractivity contribution >= 4 is 6.03 Å². The number of rotatable bonds is 4. The fourth-order valence-electron chi connectivity index (χ4n) is 3.09. The highest BCUT2D eigenvalue weighted by atomic mass is 19.1. The topological polar surface area (TPSA) is 61.0 Å². The number of H-pyrrole nitrogens is 1. The number of piperidine rings is 1. The van der Waals surface area contributed by atoms with E-state index in [0.29, 0.717) is 6.54 Å². The molecule has 3 rings (SSSR count). The number of aromatic nitrogens is 2. The fraction of sp³-hybridized carbons (Fsp3) is 0.412. The summed E-state index contributed by atoms with van der Waals surface area (Å²) >= 11 is 0. The number of nitrogens with one attached hydrogen (secondary N) is 2. The molecule has 7 heteroatoms.